The van der Waals surface area contributed by atoms with E-state index in [1.54, 1.807) is 32.0 Å². The fourth-order valence-corrected chi connectivity index (χ4v) is 2.71. The molecule has 2 aromatic carbocycles. The second-order valence-electron chi connectivity index (χ2n) is 8.35. The van der Waals surface area contributed by atoms with E-state index in [1.165, 1.54) is 12.1 Å². The van der Waals surface area contributed by atoms with Gasteiger partial charge in [-0.05, 0) is 54.7 Å². The van der Waals surface area contributed by atoms with Gasteiger partial charge in [-0.25, -0.2) is 0 Å². The lowest BCUT2D eigenvalue weighted by Crippen LogP contribution is -2.34. The van der Waals surface area contributed by atoms with E-state index in [2.05, 4.69) is 26.1 Å². The maximum atomic E-state index is 12.5. The minimum Gasteiger partial charge on any atom is -0.481 e. The molecule has 0 aromatic heterocycles. The van der Waals surface area contributed by atoms with Gasteiger partial charge in [0.15, 0.2) is 6.10 Å². The van der Waals surface area contributed by atoms with Crippen molar-refractivity contribution in [2.24, 2.45) is 0 Å². The van der Waals surface area contributed by atoms with Gasteiger partial charge >= 0.3 is 6.18 Å². The fourth-order valence-electron chi connectivity index (χ4n) is 2.71. The predicted octanol–water partition coefficient (Wildman–Crippen LogP) is 4.99. The molecule has 168 valence electrons. The number of aryl methyl sites for hydroxylation is 1. The Balaban J connectivity index is 2.04. The molecule has 0 heterocycles. The van der Waals surface area contributed by atoms with Crippen LogP contribution >= 0.6 is 0 Å². The molecule has 0 bridgehead atoms. The van der Waals surface area contributed by atoms with Crippen LogP contribution in [0.4, 0.5) is 18.9 Å². The van der Waals surface area contributed by atoms with E-state index >= 15 is 0 Å². The zero-order valence-electron chi connectivity index (χ0n) is 18.2. The highest BCUT2D eigenvalue weighted by Gasteiger charge is 2.28. The van der Waals surface area contributed by atoms with Gasteiger partial charge in [0.1, 0.15) is 12.3 Å². The third-order valence-electron chi connectivity index (χ3n) is 4.61. The van der Waals surface area contributed by atoms with Crippen LogP contribution in [-0.2, 0) is 10.2 Å². The zero-order valence-corrected chi connectivity index (χ0v) is 18.2. The van der Waals surface area contributed by atoms with E-state index in [0.29, 0.717) is 17.0 Å². The Bertz CT molecular complexity index is 933. The van der Waals surface area contributed by atoms with E-state index in [4.69, 9.17) is 4.74 Å². The van der Waals surface area contributed by atoms with Gasteiger partial charge < -0.3 is 15.4 Å². The molecule has 0 radical (unpaired) electrons. The van der Waals surface area contributed by atoms with Crippen LogP contribution in [-0.4, -0.2) is 30.6 Å². The molecule has 0 aliphatic rings. The van der Waals surface area contributed by atoms with Crippen LogP contribution in [0.15, 0.2) is 42.5 Å². The van der Waals surface area contributed by atoms with Crippen LogP contribution in [0.25, 0.3) is 0 Å². The highest BCUT2D eigenvalue weighted by molar-refractivity contribution is 5.98. The molecule has 8 heteroatoms. The number of hydrogen-bond donors (Lipinski definition) is 2. The number of hydrogen-bond acceptors (Lipinski definition) is 3. The molecule has 0 spiro atoms. The molecular weight excluding hydrogens is 409 g/mol. The van der Waals surface area contributed by atoms with Crippen LogP contribution in [0.3, 0.4) is 0 Å². The number of rotatable bonds is 6. The molecule has 2 amide bonds. The molecule has 5 nitrogen and oxygen atoms in total. The average molecular weight is 436 g/mol. The molecule has 2 rings (SSSR count). The number of anilines is 1. The van der Waals surface area contributed by atoms with Gasteiger partial charge in [-0.2, -0.15) is 13.2 Å². The minimum absolute atomic E-state index is 0.00352. The molecule has 2 aromatic rings. The van der Waals surface area contributed by atoms with Crippen molar-refractivity contribution in [2.45, 2.75) is 52.3 Å². The van der Waals surface area contributed by atoms with Crippen LogP contribution in [0.5, 0.6) is 5.75 Å². The molecular formula is C23H27F3N2O3. The first kappa shape index (κ1) is 24.2. The van der Waals surface area contributed by atoms with Crippen molar-refractivity contribution in [1.82, 2.24) is 5.32 Å². The number of benzene rings is 2. The van der Waals surface area contributed by atoms with Crippen molar-refractivity contribution in [2.75, 3.05) is 11.9 Å². The number of carbonyl (C=O) groups is 2. The highest BCUT2D eigenvalue weighted by Crippen LogP contribution is 2.25. The van der Waals surface area contributed by atoms with Gasteiger partial charge in [-0.3, -0.25) is 9.59 Å². The quantitative estimate of drug-likeness (QED) is 0.670. The summed E-state index contributed by atoms with van der Waals surface area (Å²) in [6.45, 7) is 8.16. The molecule has 0 saturated carbocycles. The summed E-state index contributed by atoms with van der Waals surface area (Å²) >= 11 is 0. The topological polar surface area (TPSA) is 67.4 Å². The number of ether oxygens (including phenoxy) is 1. The van der Waals surface area contributed by atoms with Gasteiger partial charge in [0.05, 0.1) is 0 Å². The fraction of sp³-hybridized carbons (Fsp3) is 0.391. The highest BCUT2D eigenvalue weighted by atomic mass is 19.4. The van der Waals surface area contributed by atoms with Crippen LogP contribution in [0.1, 0.15) is 49.2 Å². The molecule has 1 atom stereocenters. The Morgan fingerprint density at radius 2 is 1.65 bits per heavy atom. The molecule has 2 N–H and O–H groups in total. The van der Waals surface area contributed by atoms with E-state index in [0.717, 1.165) is 5.56 Å². The normalized spacial score (nSPS) is 12.8. The first-order valence-electron chi connectivity index (χ1n) is 9.80. The SMILES string of the molecule is Cc1ccc(C(=O)NCC(F)(F)F)cc1NC(=O)C(C)Oc1ccc(C(C)(C)C)cc1. The predicted molar refractivity (Wildman–Crippen MR) is 113 cm³/mol. The zero-order chi connectivity index (χ0) is 23.4. The molecule has 1 unspecified atom stereocenters. The smallest absolute Gasteiger partial charge is 0.405 e. The van der Waals surface area contributed by atoms with Gasteiger partial charge in [0, 0.05) is 11.3 Å². The first-order valence-corrected chi connectivity index (χ1v) is 9.80. The van der Waals surface area contributed by atoms with Crippen molar-refractivity contribution < 1.29 is 27.5 Å². The molecule has 0 saturated heterocycles. The third-order valence-corrected chi connectivity index (χ3v) is 4.61. The van der Waals surface area contributed by atoms with E-state index in [9.17, 15) is 22.8 Å². The standard InChI is InChI=1S/C23H27F3N2O3/c1-14-6-7-16(21(30)27-13-23(24,25)26)12-19(14)28-20(29)15(2)31-18-10-8-17(9-11-18)22(3,4)5/h6-12,15H,13H2,1-5H3,(H,27,30)(H,28,29). The van der Waals surface area contributed by atoms with Crippen molar-refractivity contribution in [3.05, 3.63) is 59.2 Å². The summed E-state index contributed by atoms with van der Waals surface area (Å²) in [6.07, 6.45) is -5.34. The Morgan fingerprint density at radius 3 is 2.19 bits per heavy atom. The van der Waals surface area contributed by atoms with E-state index in [1.807, 2.05) is 17.4 Å². The maximum Gasteiger partial charge on any atom is 0.405 e. The summed E-state index contributed by atoms with van der Waals surface area (Å²) in [5.74, 6) is -0.792. The summed E-state index contributed by atoms with van der Waals surface area (Å²) < 4.78 is 42.6. The first-order chi connectivity index (χ1) is 14.3. The molecule has 0 aliphatic heterocycles. The number of alkyl halides is 3. The number of nitrogens with one attached hydrogen (secondary N) is 2. The van der Waals surface area contributed by atoms with Crippen molar-refractivity contribution in [3.63, 3.8) is 0 Å². The van der Waals surface area contributed by atoms with Crippen LogP contribution in [0.2, 0.25) is 0 Å². The third kappa shape index (κ3) is 7.31. The van der Waals surface area contributed by atoms with E-state index < -0.39 is 30.6 Å². The molecule has 0 aliphatic carbocycles. The minimum atomic E-state index is -4.50. The van der Waals surface area contributed by atoms with E-state index in [-0.39, 0.29) is 11.0 Å². The lowest BCUT2D eigenvalue weighted by molar-refractivity contribution is -0.123. The number of halogens is 3. The van der Waals surface area contributed by atoms with Crippen LogP contribution in [0, 0.1) is 6.92 Å². The average Bonchev–Trinajstić information content (AvgIpc) is 2.66. The summed E-state index contributed by atoms with van der Waals surface area (Å²) in [4.78, 5) is 24.5. The summed E-state index contributed by atoms with van der Waals surface area (Å²) in [6, 6.07) is 11.7. The summed E-state index contributed by atoms with van der Waals surface area (Å²) in [7, 11) is 0. The van der Waals surface area contributed by atoms with Gasteiger partial charge in [0.25, 0.3) is 11.8 Å². The second-order valence-corrected chi connectivity index (χ2v) is 8.35. The largest absolute Gasteiger partial charge is 0.481 e. The second kappa shape index (κ2) is 9.41. The van der Waals surface area contributed by atoms with Gasteiger partial charge in [-0.1, -0.05) is 39.0 Å². The lowest BCUT2D eigenvalue weighted by atomic mass is 9.87. The number of carbonyl (C=O) groups excluding carboxylic acids is 2. The lowest BCUT2D eigenvalue weighted by Gasteiger charge is -2.20. The Labute approximate surface area is 180 Å². The monoisotopic (exact) mass is 436 g/mol. The summed E-state index contributed by atoms with van der Waals surface area (Å²) in [5.41, 5.74) is 2.12. The Kier molecular flexibility index (Phi) is 7.36. The Hall–Kier alpha value is -3.03. The summed E-state index contributed by atoms with van der Waals surface area (Å²) in [5, 5.41) is 4.48. The Morgan fingerprint density at radius 1 is 1.03 bits per heavy atom. The van der Waals surface area contributed by atoms with Crippen LogP contribution < -0.4 is 15.4 Å². The molecule has 0 fully saturated rings. The van der Waals surface area contributed by atoms with Gasteiger partial charge in [-0.15, -0.1) is 0 Å². The maximum absolute atomic E-state index is 12.5. The molecule has 31 heavy (non-hydrogen) atoms. The van der Waals surface area contributed by atoms with Gasteiger partial charge in [0.2, 0.25) is 0 Å². The van der Waals surface area contributed by atoms with Crippen molar-refractivity contribution in [1.29, 1.82) is 0 Å². The number of amides is 2. The van der Waals surface area contributed by atoms with Crippen molar-refractivity contribution >= 4 is 17.5 Å². The van der Waals surface area contributed by atoms with Crippen molar-refractivity contribution in [3.8, 4) is 5.75 Å².